The molecule has 2 atom stereocenters. The number of hydrazone groups is 1. The van der Waals surface area contributed by atoms with E-state index in [-0.39, 0.29) is 12.3 Å². The summed E-state index contributed by atoms with van der Waals surface area (Å²) in [5.74, 6) is 2.98. The Balaban J connectivity index is 1.53. The first kappa shape index (κ1) is 19.7. The highest BCUT2D eigenvalue weighted by Gasteiger charge is 2.43. The normalized spacial score (nSPS) is 23.3. The quantitative estimate of drug-likeness (QED) is 0.556. The summed E-state index contributed by atoms with van der Waals surface area (Å²) >= 11 is 3.63. The van der Waals surface area contributed by atoms with Gasteiger partial charge >= 0.3 is 0 Å². The molecule has 5 nitrogen and oxygen atoms in total. The summed E-state index contributed by atoms with van der Waals surface area (Å²) in [4.78, 5) is 0. The standard InChI is InChI=1S/C24H27BrN2O3/c1-28-22-10-8-16(12-23(22)29-2)19-14-20-18-13-17(25)9-11-21(18)30-24(27(20)26-19)15-6-4-3-5-7-15/h8-13,15,20,24H,3-7,14H2,1-2H3/t20-,24+/m0/s1. The monoisotopic (exact) mass is 470 g/mol. The van der Waals surface area contributed by atoms with Gasteiger partial charge in [-0.05, 0) is 49.2 Å². The number of halogens is 1. The largest absolute Gasteiger partial charge is 0.493 e. The van der Waals surface area contributed by atoms with Crippen LogP contribution in [0.5, 0.6) is 17.2 Å². The Kier molecular flexibility index (Phi) is 5.35. The van der Waals surface area contributed by atoms with Crippen LogP contribution < -0.4 is 14.2 Å². The van der Waals surface area contributed by atoms with Gasteiger partial charge < -0.3 is 14.2 Å². The number of nitrogens with zero attached hydrogens (tertiary/aromatic N) is 2. The molecule has 30 heavy (non-hydrogen) atoms. The van der Waals surface area contributed by atoms with Crippen molar-refractivity contribution in [3.8, 4) is 17.2 Å². The zero-order valence-electron chi connectivity index (χ0n) is 17.4. The van der Waals surface area contributed by atoms with Crippen LogP contribution in [-0.4, -0.2) is 31.2 Å². The first-order chi connectivity index (χ1) is 14.7. The smallest absolute Gasteiger partial charge is 0.190 e. The van der Waals surface area contributed by atoms with E-state index in [1.807, 2.05) is 12.1 Å². The summed E-state index contributed by atoms with van der Waals surface area (Å²) in [5, 5.41) is 7.34. The Hall–Kier alpha value is -2.21. The van der Waals surface area contributed by atoms with Gasteiger partial charge in [0.25, 0.3) is 0 Å². The summed E-state index contributed by atoms with van der Waals surface area (Å²) in [6.07, 6.45) is 7.16. The molecule has 6 heteroatoms. The third kappa shape index (κ3) is 3.45. The van der Waals surface area contributed by atoms with Crippen LogP contribution in [0, 0.1) is 5.92 Å². The Morgan fingerprint density at radius 1 is 1.00 bits per heavy atom. The maximum absolute atomic E-state index is 6.56. The molecule has 5 rings (SSSR count). The van der Waals surface area contributed by atoms with Gasteiger partial charge in [0.15, 0.2) is 17.7 Å². The van der Waals surface area contributed by atoms with Crippen LogP contribution >= 0.6 is 15.9 Å². The van der Waals surface area contributed by atoms with Crippen LogP contribution in [0.3, 0.4) is 0 Å². The second-order valence-corrected chi connectivity index (χ2v) is 9.22. The minimum Gasteiger partial charge on any atom is -0.493 e. The predicted molar refractivity (Wildman–Crippen MR) is 120 cm³/mol. The van der Waals surface area contributed by atoms with E-state index in [1.54, 1.807) is 14.2 Å². The molecule has 0 N–H and O–H groups in total. The number of ether oxygens (including phenoxy) is 3. The maximum Gasteiger partial charge on any atom is 0.190 e. The van der Waals surface area contributed by atoms with Crippen LogP contribution in [0.1, 0.15) is 55.7 Å². The first-order valence-corrected chi connectivity index (χ1v) is 11.5. The number of benzene rings is 2. The van der Waals surface area contributed by atoms with Crippen molar-refractivity contribution < 1.29 is 14.2 Å². The van der Waals surface area contributed by atoms with Gasteiger partial charge in [-0.3, -0.25) is 0 Å². The van der Waals surface area contributed by atoms with E-state index in [0.717, 1.165) is 39.4 Å². The summed E-state index contributed by atoms with van der Waals surface area (Å²) in [7, 11) is 3.33. The first-order valence-electron chi connectivity index (χ1n) is 10.7. The predicted octanol–water partition coefficient (Wildman–Crippen LogP) is 5.92. The molecule has 2 aromatic carbocycles. The Labute approximate surface area is 186 Å². The Bertz CT molecular complexity index is 971. The van der Waals surface area contributed by atoms with Crippen LogP contribution in [0.4, 0.5) is 0 Å². The van der Waals surface area contributed by atoms with Gasteiger partial charge in [0.05, 0.1) is 26.0 Å². The van der Waals surface area contributed by atoms with Crippen molar-refractivity contribution in [3.05, 3.63) is 52.0 Å². The van der Waals surface area contributed by atoms with E-state index < -0.39 is 0 Å². The lowest BCUT2D eigenvalue weighted by atomic mass is 9.86. The molecule has 0 bridgehead atoms. The minimum atomic E-state index is 0.00150. The third-order valence-corrected chi connectivity index (χ3v) is 7.04. The Morgan fingerprint density at radius 3 is 2.57 bits per heavy atom. The molecule has 3 aliphatic rings. The van der Waals surface area contributed by atoms with Gasteiger partial charge in [-0.2, -0.15) is 5.10 Å². The van der Waals surface area contributed by atoms with Crippen molar-refractivity contribution in [2.24, 2.45) is 11.0 Å². The lowest BCUT2D eigenvalue weighted by Gasteiger charge is -2.42. The van der Waals surface area contributed by atoms with Gasteiger partial charge in [-0.25, -0.2) is 5.01 Å². The molecule has 1 aliphatic carbocycles. The summed E-state index contributed by atoms with van der Waals surface area (Å²) in [5.41, 5.74) is 3.34. The Morgan fingerprint density at radius 2 is 1.80 bits per heavy atom. The summed E-state index contributed by atoms with van der Waals surface area (Å²) in [6, 6.07) is 12.6. The van der Waals surface area contributed by atoms with Crippen molar-refractivity contribution in [2.45, 2.75) is 50.8 Å². The number of hydrogen-bond acceptors (Lipinski definition) is 5. The molecular weight excluding hydrogens is 444 g/mol. The molecule has 1 saturated carbocycles. The average molecular weight is 471 g/mol. The van der Waals surface area contributed by atoms with Crippen molar-refractivity contribution >= 4 is 21.6 Å². The highest BCUT2D eigenvalue weighted by Crippen LogP contribution is 2.47. The fraction of sp³-hybridized carbons (Fsp3) is 0.458. The van der Waals surface area contributed by atoms with Gasteiger partial charge in [0.1, 0.15) is 5.75 Å². The lowest BCUT2D eigenvalue weighted by molar-refractivity contribution is -0.0644. The lowest BCUT2D eigenvalue weighted by Crippen LogP contribution is -2.45. The fourth-order valence-electron chi connectivity index (χ4n) is 5.01. The highest BCUT2D eigenvalue weighted by molar-refractivity contribution is 9.10. The summed E-state index contributed by atoms with van der Waals surface area (Å²) in [6.45, 7) is 0. The zero-order chi connectivity index (χ0) is 20.7. The second-order valence-electron chi connectivity index (χ2n) is 8.31. The zero-order valence-corrected chi connectivity index (χ0v) is 19.0. The van der Waals surface area contributed by atoms with Gasteiger partial charge in [-0.1, -0.05) is 35.2 Å². The topological polar surface area (TPSA) is 43.3 Å². The molecule has 0 aromatic heterocycles. The van der Waals surface area contributed by atoms with E-state index >= 15 is 0 Å². The average Bonchev–Trinajstić information content (AvgIpc) is 3.24. The fourth-order valence-corrected chi connectivity index (χ4v) is 5.39. The molecule has 1 fully saturated rings. The molecular formula is C24H27BrN2O3. The van der Waals surface area contributed by atoms with Crippen molar-refractivity contribution in [3.63, 3.8) is 0 Å². The van der Waals surface area contributed by atoms with Crippen LogP contribution in [0.15, 0.2) is 46.0 Å². The number of methoxy groups -OCH3 is 2. The van der Waals surface area contributed by atoms with Crippen LogP contribution in [0.25, 0.3) is 0 Å². The van der Waals surface area contributed by atoms with E-state index in [1.165, 1.54) is 37.7 Å². The van der Waals surface area contributed by atoms with Gasteiger partial charge in [0, 0.05) is 27.9 Å². The number of fused-ring (bicyclic) bond motifs is 3. The number of rotatable bonds is 4. The maximum atomic E-state index is 6.56. The molecule has 0 amide bonds. The van der Waals surface area contributed by atoms with Gasteiger partial charge in [-0.15, -0.1) is 0 Å². The van der Waals surface area contributed by atoms with Crippen LogP contribution in [-0.2, 0) is 0 Å². The number of hydrogen-bond donors (Lipinski definition) is 0. The van der Waals surface area contributed by atoms with E-state index in [9.17, 15) is 0 Å². The second kappa shape index (κ2) is 8.14. The van der Waals surface area contributed by atoms with Crippen molar-refractivity contribution in [1.82, 2.24) is 5.01 Å². The van der Waals surface area contributed by atoms with Crippen LogP contribution in [0.2, 0.25) is 0 Å². The van der Waals surface area contributed by atoms with Gasteiger partial charge in [0.2, 0.25) is 0 Å². The molecule has 2 heterocycles. The molecule has 2 aromatic rings. The molecule has 2 aliphatic heterocycles. The highest BCUT2D eigenvalue weighted by atomic mass is 79.9. The summed E-state index contributed by atoms with van der Waals surface area (Å²) < 4.78 is 18.6. The molecule has 0 saturated heterocycles. The van der Waals surface area contributed by atoms with Crippen molar-refractivity contribution in [2.75, 3.05) is 14.2 Å². The molecule has 0 spiro atoms. The van der Waals surface area contributed by atoms with Crippen molar-refractivity contribution in [1.29, 1.82) is 0 Å². The minimum absolute atomic E-state index is 0.00150. The SMILES string of the molecule is COc1ccc(C2=NN3[C@@H](C4CCCCC4)Oc4ccc(Br)cc4[C@@H]3C2)cc1OC. The third-order valence-electron chi connectivity index (χ3n) is 6.55. The molecule has 158 valence electrons. The van der Waals surface area contributed by atoms with E-state index in [0.29, 0.717) is 5.92 Å². The molecule has 0 radical (unpaired) electrons. The van der Waals surface area contributed by atoms with E-state index in [4.69, 9.17) is 19.3 Å². The molecule has 0 unspecified atom stereocenters. The van der Waals surface area contributed by atoms with E-state index in [2.05, 4.69) is 45.2 Å².